The summed E-state index contributed by atoms with van der Waals surface area (Å²) < 4.78 is 0.729. The molecule has 1 unspecified atom stereocenters. The minimum Gasteiger partial charge on any atom is -0.366 e. The van der Waals surface area contributed by atoms with Gasteiger partial charge in [-0.1, -0.05) is 23.1 Å². The van der Waals surface area contributed by atoms with Gasteiger partial charge >= 0.3 is 0 Å². The molecular formula is C14H17N5O2S2. The zero-order chi connectivity index (χ0) is 16.8. The van der Waals surface area contributed by atoms with E-state index in [1.165, 1.54) is 23.1 Å². The normalized spacial score (nSPS) is 11.7. The van der Waals surface area contributed by atoms with Crippen molar-refractivity contribution >= 4 is 45.7 Å². The lowest BCUT2D eigenvalue weighted by Gasteiger charge is -2.10. The average molecular weight is 351 g/mol. The summed E-state index contributed by atoms with van der Waals surface area (Å²) in [6.07, 6.45) is 0. The van der Waals surface area contributed by atoms with Crippen LogP contribution in [0, 0.1) is 0 Å². The molecule has 23 heavy (non-hydrogen) atoms. The second-order valence-corrected chi connectivity index (χ2v) is 7.16. The number of amides is 2. The lowest BCUT2D eigenvalue weighted by Crippen LogP contribution is -2.22. The van der Waals surface area contributed by atoms with Gasteiger partial charge in [0.25, 0.3) is 0 Å². The van der Waals surface area contributed by atoms with Crippen LogP contribution in [-0.4, -0.2) is 33.8 Å². The first-order valence-corrected chi connectivity index (χ1v) is 8.64. The van der Waals surface area contributed by atoms with Crippen molar-refractivity contribution in [3.05, 3.63) is 29.8 Å². The van der Waals surface area contributed by atoms with Crippen LogP contribution in [0.1, 0.15) is 24.2 Å². The van der Waals surface area contributed by atoms with Crippen LogP contribution in [0.5, 0.6) is 0 Å². The van der Waals surface area contributed by atoms with E-state index in [9.17, 15) is 9.59 Å². The van der Waals surface area contributed by atoms with Crippen molar-refractivity contribution in [3.8, 4) is 0 Å². The molecule has 0 fully saturated rings. The van der Waals surface area contributed by atoms with Crippen molar-refractivity contribution in [2.24, 2.45) is 5.73 Å². The molecule has 2 aromatic rings. The number of hydrogen-bond acceptors (Lipinski definition) is 7. The van der Waals surface area contributed by atoms with Gasteiger partial charge in [-0.05, 0) is 38.1 Å². The van der Waals surface area contributed by atoms with Crippen molar-refractivity contribution < 1.29 is 9.59 Å². The van der Waals surface area contributed by atoms with Gasteiger partial charge in [-0.25, -0.2) is 0 Å². The summed E-state index contributed by atoms with van der Waals surface area (Å²) in [5.74, 6) is -0.651. The Morgan fingerprint density at radius 2 is 2.00 bits per heavy atom. The Labute approximate surface area is 142 Å². The molecule has 0 radical (unpaired) electrons. The van der Waals surface area contributed by atoms with E-state index in [-0.39, 0.29) is 11.2 Å². The summed E-state index contributed by atoms with van der Waals surface area (Å²) in [5.41, 5.74) is 6.18. The molecule has 1 aromatic carbocycles. The summed E-state index contributed by atoms with van der Waals surface area (Å²) in [6.45, 7) is 4.55. The number of anilines is 2. The Kier molecular flexibility index (Phi) is 5.94. The molecule has 0 saturated heterocycles. The highest BCUT2D eigenvalue weighted by Gasteiger charge is 2.17. The van der Waals surface area contributed by atoms with Crippen LogP contribution in [0.3, 0.4) is 0 Å². The average Bonchev–Trinajstić information content (AvgIpc) is 2.95. The molecule has 0 aliphatic carbocycles. The van der Waals surface area contributed by atoms with Crippen LogP contribution in [0.15, 0.2) is 28.6 Å². The predicted molar refractivity (Wildman–Crippen MR) is 93.0 cm³/mol. The van der Waals surface area contributed by atoms with E-state index in [2.05, 4.69) is 20.8 Å². The predicted octanol–water partition coefficient (Wildman–Crippen LogP) is 2.19. The molecule has 1 aromatic heterocycles. The van der Waals surface area contributed by atoms with Crippen molar-refractivity contribution in [1.82, 2.24) is 10.2 Å². The fourth-order valence-electron chi connectivity index (χ4n) is 1.65. The van der Waals surface area contributed by atoms with Gasteiger partial charge in [0.05, 0.1) is 5.25 Å². The molecule has 7 nitrogen and oxygen atoms in total. The molecule has 1 atom stereocenters. The van der Waals surface area contributed by atoms with Crippen molar-refractivity contribution in [1.29, 1.82) is 0 Å². The molecule has 122 valence electrons. The Hall–Kier alpha value is -2.13. The van der Waals surface area contributed by atoms with Gasteiger partial charge < -0.3 is 16.4 Å². The summed E-state index contributed by atoms with van der Waals surface area (Å²) >= 11 is 2.76. The molecule has 2 rings (SSSR count). The molecule has 0 aliphatic heterocycles. The van der Waals surface area contributed by atoms with Crippen molar-refractivity contribution in [2.75, 3.05) is 17.2 Å². The first kappa shape index (κ1) is 17.2. The Morgan fingerprint density at radius 3 is 2.61 bits per heavy atom. The highest BCUT2D eigenvalue weighted by Crippen LogP contribution is 2.29. The number of nitrogens with zero attached hydrogens (tertiary/aromatic N) is 2. The number of carbonyl (C=O) groups is 2. The van der Waals surface area contributed by atoms with E-state index in [0.29, 0.717) is 11.3 Å². The summed E-state index contributed by atoms with van der Waals surface area (Å²) in [4.78, 5) is 23.2. The highest BCUT2D eigenvalue weighted by molar-refractivity contribution is 8.02. The van der Waals surface area contributed by atoms with Crippen LogP contribution in [0.25, 0.3) is 0 Å². The maximum atomic E-state index is 12.2. The van der Waals surface area contributed by atoms with E-state index >= 15 is 0 Å². The number of primary amides is 1. The molecule has 0 spiro atoms. The molecule has 1 heterocycles. The number of carbonyl (C=O) groups excluding carboxylic acids is 2. The van der Waals surface area contributed by atoms with Gasteiger partial charge in [-0.15, -0.1) is 10.2 Å². The smallest absolute Gasteiger partial charge is 0.248 e. The Balaban J connectivity index is 1.92. The Bertz CT molecular complexity index is 687. The molecule has 9 heteroatoms. The number of nitrogens with two attached hydrogens (primary N) is 1. The quantitative estimate of drug-likeness (QED) is 0.660. The van der Waals surface area contributed by atoms with Crippen LogP contribution in [-0.2, 0) is 4.79 Å². The van der Waals surface area contributed by atoms with Crippen LogP contribution >= 0.6 is 23.1 Å². The van der Waals surface area contributed by atoms with E-state index in [4.69, 9.17) is 5.73 Å². The van der Waals surface area contributed by atoms with Gasteiger partial charge in [0.2, 0.25) is 16.9 Å². The van der Waals surface area contributed by atoms with Gasteiger partial charge in [-0.3, -0.25) is 9.59 Å². The molecule has 0 bridgehead atoms. The molecule has 0 saturated carbocycles. The zero-order valence-electron chi connectivity index (χ0n) is 12.7. The summed E-state index contributed by atoms with van der Waals surface area (Å²) in [5, 5.41) is 14.3. The number of hydrogen-bond donors (Lipinski definition) is 3. The topological polar surface area (TPSA) is 110 Å². The van der Waals surface area contributed by atoms with Gasteiger partial charge in [-0.2, -0.15) is 0 Å². The minimum atomic E-state index is -0.500. The van der Waals surface area contributed by atoms with E-state index < -0.39 is 5.91 Å². The fraction of sp³-hybridized carbons (Fsp3) is 0.286. The lowest BCUT2D eigenvalue weighted by atomic mass is 10.2. The molecule has 0 aliphatic rings. The second kappa shape index (κ2) is 7.93. The van der Waals surface area contributed by atoms with Gasteiger partial charge in [0.15, 0.2) is 4.34 Å². The third-order valence-corrected chi connectivity index (χ3v) is 4.88. The Morgan fingerprint density at radius 1 is 1.30 bits per heavy atom. The fourth-order valence-corrected chi connectivity index (χ4v) is 3.61. The lowest BCUT2D eigenvalue weighted by molar-refractivity contribution is -0.115. The minimum absolute atomic E-state index is 0.151. The third kappa shape index (κ3) is 4.93. The maximum Gasteiger partial charge on any atom is 0.248 e. The van der Waals surface area contributed by atoms with Crippen LogP contribution in [0.4, 0.5) is 10.8 Å². The summed E-state index contributed by atoms with van der Waals surface area (Å²) in [7, 11) is 0. The SMILES string of the molecule is CCNc1nnc(SC(C)C(=O)Nc2ccc(C(N)=O)cc2)s1. The van der Waals surface area contributed by atoms with E-state index in [1.54, 1.807) is 31.2 Å². The van der Waals surface area contributed by atoms with Gasteiger partial charge in [0.1, 0.15) is 0 Å². The number of thioether (sulfide) groups is 1. The molecule has 2 amide bonds. The first-order chi connectivity index (χ1) is 11.0. The standard InChI is InChI=1S/C14H17N5O2S2/c1-3-16-13-18-19-14(23-13)22-8(2)12(21)17-10-6-4-9(5-7-10)11(15)20/h4-8H,3H2,1-2H3,(H2,15,20)(H,16,18)(H,17,21). The summed E-state index contributed by atoms with van der Waals surface area (Å²) in [6, 6.07) is 6.43. The van der Waals surface area contributed by atoms with E-state index in [1.807, 2.05) is 6.92 Å². The highest BCUT2D eigenvalue weighted by atomic mass is 32.2. The largest absolute Gasteiger partial charge is 0.366 e. The number of nitrogens with one attached hydrogen (secondary N) is 2. The van der Waals surface area contributed by atoms with Crippen LogP contribution in [0.2, 0.25) is 0 Å². The number of aromatic nitrogens is 2. The number of benzene rings is 1. The zero-order valence-corrected chi connectivity index (χ0v) is 14.3. The van der Waals surface area contributed by atoms with Gasteiger partial charge in [0, 0.05) is 17.8 Å². The first-order valence-electron chi connectivity index (χ1n) is 6.94. The van der Waals surface area contributed by atoms with E-state index in [0.717, 1.165) is 16.0 Å². The maximum absolute atomic E-state index is 12.2. The number of rotatable bonds is 7. The molecule has 4 N–H and O–H groups in total. The third-order valence-electron chi connectivity index (χ3n) is 2.82. The van der Waals surface area contributed by atoms with Crippen molar-refractivity contribution in [2.45, 2.75) is 23.4 Å². The second-order valence-electron chi connectivity index (χ2n) is 4.59. The van der Waals surface area contributed by atoms with Crippen LogP contribution < -0.4 is 16.4 Å². The molecular weight excluding hydrogens is 334 g/mol. The monoisotopic (exact) mass is 351 g/mol. The van der Waals surface area contributed by atoms with Crippen molar-refractivity contribution in [3.63, 3.8) is 0 Å².